The predicted molar refractivity (Wildman–Crippen MR) is 163 cm³/mol. The van der Waals surface area contributed by atoms with E-state index >= 15 is 0 Å². The van der Waals surface area contributed by atoms with Crippen molar-refractivity contribution in [2.45, 2.75) is 75.9 Å². The standard InChI is InChI=1S/C32H46N2O8S/c1-5-6-16-39-25-9-7-23(8-10-25)18-28(33-32(36)42-30-21-41-31-27(30)15-17-40-31)29(35)20-34(19-22(2)3)43(37)26-13-11-24(38-4)12-14-26/h7-14,22,27-31,35H,5-6,15-21H2,1-4H3,(H,33,36)/t27-,28-,29-,30-,31+,43?/m0/s1. The van der Waals surface area contributed by atoms with Crippen molar-refractivity contribution in [3.05, 3.63) is 54.1 Å². The molecule has 2 aromatic carbocycles. The fourth-order valence-corrected chi connectivity index (χ4v) is 6.65. The number of aliphatic hydroxyl groups is 1. The average Bonchev–Trinajstić information content (AvgIpc) is 3.62. The normalized spacial score (nSPS) is 21.8. The van der Waals surface area contributed by atoms with Crippen LogP contribution in [0.2, 0.25) is 0 Å². The van der Waals surface area contributed by atoms with Crippen molar-refractivity contribution >= 4 is 17.5 Å². The van der Waals surface area contributed by atoms with Crippen LogP contribution in [0.5, 0.6) is 11.5 Å². The molecule has 1 unspecified atom stereocenters. The van der Waals surface area contributed by atoms with Crippen LogP contribution in [0.15, 0.2) is 53.4 Å². The Morgan fingerprint density at radius 2 is 1.84 bits per heavy atom. The molecule has 0 aromatic heterocycles. The fraction of sp³-hybridized carbons (Fsp3) is 0.594. The van der Waals surface area contributed by atoms with Crippen LogP contribution in [-0.4, -0.2) is 84.6 Å². The third-order valence-corrected chi connectivity index (χ3v) is 9.05. The molecule has 0 bridgehead atoms. The Bertz CT molecular complexity index is 1120. The maximum atomic E-state index is 13.6. The molecule has 2 aliphatic rings. The second kappa shape index (κ2) is 16.5. The van der Waals surface area contributed by atoms with Crippen LogP contribution in [0.3, 0.4) is 0 Å². The molecule has 2 N–H and O–H groups in total. The smallest absolute Gasteiger partial charge is 0.407 e. The van der Waals surface area contributed by atoms with Crippen LogP contribution < -0.4 is 14.8 Å². The van der Waals surface area contributed by atoms with Gasteiger partial charge in [-0.2, -0.15) is 0 Å². The van der Waals surface area contributed by atoms with E-state index < -0.39 is 35.7 Å². The first-order valence-corrected chi connectivity index (χ1v) is 16.3. The molecule has 10 nitrogen and oxygen atoms in total. The van der Waals surface area contributed by atoms with Crippen molar-refractivity contribution in [3.8, 4) is 11.5 Å². The molecule has 238 valence electrons. The van der Waals surface area contributed by atoms with E-state index in [4.69, 9.17) is 23.7 Å². The minimum Gasteiger partial charge on any atom is -0.593 e. The summed E-state index contributed by atoms with van der Waals surface area (Å²) >= 11 is -1.54. The van der Waals surface area contributed by atoms with Crippen LogP contribution >= 0.6 is 0 Å². The van der Waals surface area contributed by atoms with Crippen molar-refractivity contribution in [2.24, 2.45) is 11.8 Å². The Balaban J connectivity index is 1.47. The van der Waals surface area contributed by atoms with E-state index in [0.717, 1.165) is 30.6 Å². The quantitative estimate of drug-likeness (QED) is 0.209. The van der Waals surface area contributed by atoms with E-state index in [0.29, 0.717) is 36.8 Å². The van der Waals surface area contributed by atoms with E-state index in [2.05, 4.69) is 12.2 Å². The zero-order valence-corrected chi connectivity index (χ0v) is 26.4. The second-order valence-electron chi connectivity index (χ2n) is 11.5. The lowest BCUT2D eigenvalue weighted by Crippen LogP contribution is -2.51. The summed E-state index contributed by atoms with van der Waals surface area (Å²) in [4.78, 5) is 13.7. The number of nitrogens with zero attached hydrogens (tertiary/aromatic N) is 1. The van der Waals surface area contributed by atoms with Crippen molar-refractivity contribution < 1.29 is 38.1 Å². The summed E-state index contributed by atoms with van der Waals surface area (Å²) in [6.45, 7) is 8.25. The minimum atomic E-state index is -1.54. The molecule has 0 spiro atoms. The highest BCUT2D eigenvalue weighted by Crippen LogP contribution is 2.33. The number of alkyl carbamates (subject to hydrolysis) is 1. The van der Waals surface area contributed by atoms with Gasteiger partial charge in [-0.25, -0.2) is 4.79 Å². The predicted octanol–water partition coefficient (Wildman–Crippen LogP) is 4.31. The van der Waals surface area contributed by atoms with Gasteiger partial charge < -0.3 is 38.7 Å². The van der Waals surface area contributed by atoms with Crippen LogP contribution in [0.25, 0.3) is 0 Å². The molecule has 1 amide bonds. The summed E-state index contributed by atoms with van der Waals surface area (Å²) < 4.78 is 43.3. The van der Waals surface area contributed by atoms with Crippen molar-refractivity contribution in [2.75, 3.05) is 40.0 Å². The number of amides is 1. The van der Waals surface area contributed by atoms with E-state index in [1.807, 2.05) is 38.1 Å². The van der Waals surface area contributed by atoms with E-state index in [-0.39, 0.29) is 31.3 Å². The molecular weight excluding hydrogens is 572 g/mol. The number of nitrogens with one attached hydrogen (secondary N) is 1. The topological polar surface area (TPSA) is 122 Å². The van der Waals surface area contributed by atoms with Gasteiger partial charge >= 0.3 is 6.09 Å². The number of rotatable bonds is 16. The van der Waals surface area contributed by atoms with Gasteiger partial charge in [0.1, 0.15) is 17.6 Å². The monoisotopic (exact) mass is 618 g/mol. The van der Waals surface area contributed by atoms with Gasteiger partial charge in [-0.1, -0.05) is 39.3 Å². The van der Waals surface area contributed by atoms with Crippen LogP contribution in [0.4, 0.5) is 4.79 Å². The summed E-state index contributed by atoms with van der Waals surface area (Å²) in [6.07, 6.45) is 0.715. The van der Waals surface area contributed by atoms with E-state index in [1.165, 1.54) is 0 Å². The van der Waals surface area contributed by atoms with Gasteiger partial charge in [0.15, 0.2) is 11.2 Å². The largest absolute Gasteiger partial charge is 0.593 e. The highest BCUT2D eigenvalue weighted by molar-refractivity contribution is 7.89. The SMILES string of the molecule is CCCCOc1ccc(C[C@H](NC(=O)O[C@H]2CO[C@H]3OCC[C@H]32)[C@@H](O)CN(CC(C)C)[S+]([O-])c2ccc(OC)cc2)cc1. The van der Waals surface area contributed by atoms with E-state index in [9.17, 15) is 14.5 Å². The summed E-state index contributed by atoms with van der Waals surface area (Å²) in [5, 5.41) is 14.5. The van der Waals surface area contributed by atoms with Crippen molar-refractivity contribution in [1.82, 2.24) is 9.62 Å². The first-order valence-electron chi connectivity index (χ1n) is 15.2. The molecule has 2 fully saturated rings. The first-order chi connectivity index (χ1) is 20.8. The maximum Gasteiger partial charge on any atom is 0.407 e. The molecule has 0 saturated carbocycles. The van der Waals surface area contributed by atoms with Gasteiger partial charge in [0.05, 0.1) is 62.9 Å². The molecule has 2 aliphatic heterocycles. The van der Waals surface area contributed by atoms with Gasteiger partial charge in [0, 0.05) is 6.54 Å². The molecule has 2 heterocycles. The number of fused-ring (bicyclic) bond motifs is 1. The highest BCUT2D eigenvalue weighted by Gasteiger charge is 2.44. The molecule has 0 aliphatic carbocycles. The lowest BCUT2D eigenvalue weighted by atomic mass is 10.0. The molecule has 6 atom stereocenters. The number of benzene rings is 2. The second-order valence-corrected chi connectivity index (χ2v) is 13.0. The molecule has 11 heteroatoms. The van der Waals surface area contributed by atoms with E-state index in [1.54, 1.807) is 35.7 Å². The number of hydrogen-bond acceptors (Lipinski definition) is 9. The van der Waals surface area contributed by atoms with Gasteiger partial charge in [-0.05, 0) is 67.1 Å². The Kier molecular flexibility index (Phi) is 12.8. The molecule has 0 radical (unpaired) electrons. The number of hydrogen-bond donors (Lipinski definition) is 2. The summed E-state index contributed by atoms with van der Waals surface area (Å²) in [7, 11) is 1.58. The Labute approximate surface area is 258 Å². The number of ether oxygens (including phenoxy) is 5. The molecule has 2 saturated heterocycles. The van der Waals surface area contributed by atoms with Gasteiger partial charge in [-0.15, -0.1) is 4.31 Å². The van der Waals surface area contributed by atoms with Crippen molar-refractivity contribution in [1.29, 1.82) is 0 Å². The van der Waals surface area contributed by atoms with Crippen LogP contribution in [0, 0.1) is 11.8 Å². The van der Waals surface area contributed by atoms with Crippen LogP contribution in [-0.2, 0) is 32.0 Å². The third-order valence-electron chi connectivity index (χ3n) is 7.61. The van der Waals surface area contributed by atoms with Crippen molar-refractivity contribution in [3.63, 3.8) is 0 Å². The maximum absolute atomic E-state index is 13.6. The lowest BCUT2D eigenvalue weighted by molar-refractivity contribution is -0.0907. The fourth-order valence-electron chi connectivity index (χ4n) is 5.26. The number of aliphatic hydroxyl groups excluding tert-OH is 1. The Morgan fingerprint density at radius 1 is 1.12 bits per heavy atom. The zero-order chi connectivity index (χ0) is 30.8. The number of carbonyl (C=O) groups is 1. The number of methoxy groups -OCH3 is 1. The van der Waals surface area contributed by atoms with Crippen LogP contribution in [0.1, 0.15) is 45.6 Å². The molecular formula is C32H46N2O8S. The van der Waals surface area contributed by atoms with Gasteiger partial charge in [-0.3, -0.25) is 0 Å². The Morgan fingerprint density at radius 3 is 2.51 bits per heavy atom. The lowest BCUT2D eigenvalue weighted by Gasteiger charge is -2.31. The van der Waals surface area contributed by atoms with Gasteiger partial charge in [0.2, 0.25) is 0 Å². The zero-order valence-electron chi connectivity index (χ0n) is 25.6. The average molecular weight is 619 g/mol. The first kappa shape index (κ1) is 33.4. The third kappa shape index (κ3) is 9.72. The molecule has 2 aromatic rings. The minimum absolute atomic E-state index is 0.00262. The summed E-state index contributed by atoms with van der Waals surface area (Å²) in [5.41, 5.74) is 0.910. The Hall–Kier alpha value is -2.54. The molecule has 43 heavy (non-hydrogen) atoms. The van der Waals surface area contributed by atoms with Gasteiger partial charge in [0.25, 0.3) is 0 Å². The summed E-state index contributed by atoms with van der Waals surface area (Å²) in [6, 6.07) is 14.0. The number of carbonyl (C=O) groups excluding carboxylic acids is 1. The summed E-state index contributed by atoms with van der Waals surface area (Å²) in [5.74, 6) is 1.64. The molecule has 4 rings (SSSR count). The highest BCUT2D eigenvalue weighted by atomic mass is 32.2. The number of unbranched alkanes of at least 4 members (excludes halogenated alkanes) is 1.